The first-order valence-corrected chi connectivity index (χ1v) is 10.1. The van der Waals surface area contributed by atoms with Crippen molar-refractivity contribution in [1.29, 1.82) is 0 Å². The molecule has 0 saturated carbocycles. The van der Waals surface area contributed by atoms with Crippen LogP contribution in [-0.2, 0) is 9.53 Å². The van der Waals surface area contributed by atoms with Crippen LogP contribution in [0.3, 0.4) is 0 Å². The smallest absolute Gasteiger partial charge is 0.336 e. The number of hydrogen-bond acceptors (Lipinski definition) is 6. The lowest BCUT2D eigenvalue weighted by Gasteiger charge is -2.28. The molecule has 1 aromatic carbocycles. The highest BCUT2D eigenvalue weighted by Crippen LogP contribution is 2.40. The Labute approximate surface area is 166 Å². The number of nitrogens with zero attached hydrogens (tertiary/aromatic N) is 1. The first-order valence-electron chi connectivity index (χ1n) is 9.13. The molecule has 1 aliphatic rings. The Morgan fingerprint density at radius 2 is 2.00 bits per heavy atom. The zero-order valence-electron chi connectivity index (χ0n) is 16.0. The second-order valence-electron chi connectivity index (χ2n) is 6.35. The number of aromatic amines is 1. The predicted molar refractivity (Wildman–Crippen MR) is 107 cm³/mol. The maximum atomic E-state index is 13.5. The van der Waals surface area contributed by atoms with Crippen molar-refractivity contribution < 1.29 is 13.9 Å². The third kappa shape index (κ3) is 3.96. The molecule has 148 valence electrons. The Kier molecular flexibility index (Phi) is 6.18. The summed E-state index contributed by atoms with van der Waals surface area (Å²) in [6.45, 7) is 5.72. The number of ether oxygens (including phenoxy) is 1. The topological polar surface area (TPSA) is 84.1 Å². The van der Waals surface area contributed by atoms with Crippen molar-refractivity contribution in [2.45, 2.75) is 38.3 Å². The molecule has 3 rings (SSSR count). The lowest BCUT2D eigenvalue weighted by molar-refractivity contribution is -0.138. The number of hydrogen-bond donors (Lipinski definition) is 2. The zero-order valence-corrected chi connectivity index (χ0v) is 16.8. The number of nitrogens with one attached hydrogen (secondary N) is 2. The molecule has 28 heavy (non-hydrogen) atoms. The van der Waals surface area contributed by atoms with Crippen molar-refractivity contribution in [3.63, 3.8) is 0 Å². The van der Waals surface area contributed by atoms with Gasteiger partial charge in [0.05, 0.1) is 23.7 Å². The van der Waals surface area contributed by atoms with E-state index in [0.29, 0.717) is 33.4 Å². The van der Waals surface area contributed by atoms with Crippen LogP contribution in [0.25, 0.3) is 0 Å². The van der Waals surface area contributed by atoms with Crippen molar-refractivity contribution in [1.82, 2.24) is 9.97 Å². The van der Waals surface area contributed by atoms with Crippen LogP contribution in [0.15, 0.2) is 45.5 Å². The van der Waals surface area contributed by atoms with Crippen LogP contribution >= 0.6 is 11.8 Å². The molecule has 1 aromatic heterocycles. The average Bonchev–Trinajstić information content (AvgIpc) is 2.66. The number of thioether (sulfide) groups is 1. The molecule has 2 N–H and O–H groups in total. The van der Waals surface area contributed by atoms with Gasteiger partial charge in [-0.05, 0) is 38.0 Å². The van der Waals surface area contributed by atoms with Gasteiger partial charge in [0.25, 0.3) is 5.56 Å². The van der Waals surface area contributed by atoms with Gasteiger partial charge >= 0.3 is 5.97 Å². The number of esters is 1. The molecule has 0 radical (unpaired) electrons. The number of carbonyl (C=O) groups is 1. The number of anilines is 1. The highest BCUT2D eigenvalue weighted by atomic mass is 32.2. The van der Waals surface area contributed by atoms with Crippen molar-refractivity contribution in [2.75, 3.05) is 17.7 Å². The molecule has 0 amide bonds. The second kappa shape index (κ2) is 8.60. The van der Waals surface area contributed by atoms with E-state index >= 15 is 0 Å². The SMILES string of the molecule is CCCSc1nc2c(c(=O)[nH]1)[C@H](c1ccc(F)cc1)C(C(=O)OCC)=C(C)N2. The maximum Gasteiger partial charge on any atom is 0.336 e. The summed E-state index contributed by atoms with van der Waals surface area (Å²) < 4.78 is 18.7. The zero-order chi connectivity index (χ0) is 20.3. The van der Waals surface area contributed by atoms with Gasteiger partial charge in [-0.1, -0.05) is 30.8 Å². The molecule has 2 heterocycles. The molecule has 0 spiro atoms. The fourth-order valence-corrected chi connectivity index (χ4v) is 3.88. The first kappa shape index (κ1) is 20.1. The van der Waals surface area contributed by atoms with E-state index in [1.807, 2.05) is 6.92 Å². The van der Waals surface area contributed by atoms with Crippen molar-refractivity contribution >= 4 is 23.5 Å². The molecular formula is C20H22FN3O3S. The Hall–Kier alpha value is -2.61. The summed E-state index contributed by atoms with van der Waals surface area (Å²) in [5.74, 6) is -0.378. The van der Waals surface area contributed by atoms with Gasteiger partial charge in [-0.15, -0.1) is 0 Å². The van der Waals surface area contributed by atoms with Crippen molar-refractivity contribution in [3.05, 3.63) is 62.8 Å². The molecular weight excluding hydrogens is 381 g/mol. The van der Waals surface area contributed by atoms with Gasteiger partial charge < -0.3 is 15.0 Å². The lowest BCUT2D eigenvalue weighted by atomic mass is 9.82. The molecule has 0 unspecified atom stereocenters. The normalized spacial score (nSPS) is 15.8. The highest BCUT2D eigenvalue weighted by molar-refractivity contribution is 7.99. The molecule has 1 aliphatic heterocycles. The molecule has 0 aliphatic carbocycles. The second-order valence-corrected chi connectivity index (χ2v) is 7.43. The fourth-order valence-electron chi connectivity index (χ4n) is 3.17. The molecule has 8 heteroatoms. The lowest BCUT2D eigenvalue weighted by Crippen LogP contribution is -2.31. The van der Waals surface area contributed by atoms with Gasteiger partial charge in [-0.3, -0.25) is 4.79 Å². The quantitative estimate of drug-likeness (QED) is 0.434. The molecule has 0 fully saturated rings. The van der Waals surface area contributed by atoms with Crippen LogP contribution in [0.4, 0.5) is 10.2 Å². The number of rotatable bonds is 6. The van der Waals surface area contributed by atoms with Gasteiger partial charge in [-0.25, -0.2) is 14.2 Å². The number of halogens is 1. The predicted octanol–water partition coefficient (Wildman–Crippen LogP) is 3.81. The summed E-state index contributed by atoms with van der Waals surface area (Å²) in [6, 6.07) is 5.76. The van der Waals surface area contributed by atoms with Crippen molar-refractivity contribution in [2.24, 2.45) is 0 Å². The number of carbonyl (C=O) groups excluding carboxylic acids is 1. The Bertz CT molecular complexity index is 970. The first-order chi connectivity index (χ1) is 13.5. The fraction of sp³-hybridized carbons (Fsp3) is 0.350. The Balaban J connectivity index is 2.18. The van der Waals surface area contributed by atoms with Crippen LogP contribution in [0, 0.1) is 5.82 Å². The number of fused-ring (bicyclic) bond motifs is 1. The maximum absolute atomic E-state index is 13.5. The molecule has 6 nitrogen and oxygen atoms in total. The minimum Gasteiger partial charge on any atom is -0.463 e. The van der Waals surface area contributed by atoms with E-state index < -0.39 is 17.7 Å². The number of H-pyrrole nitrogens is 1. The third-order valence-electron chi connectivity index (χ3n) is 4.36. The van der Waals surface area contributed by atoms with Crippen LogP contribution in [-0.4, -0.2) is 28.3 Å². The summed E-state index contributed by atoms with van der Waals surface area (Å²) in [5, 5.41) is 3.60. The van der Waals surface area contributed by atoms with Crippen LogP contribution in [0.2, 0.25) is 0 Å². The van der Waals surface area contributed by atoms with E-state index in [2.05, 4.69) is 15.3 Å². The largest absolute Gasteiger partial charge is 0.463 e. The highest BCUT2D eigenvalue weighted by Gasteiger charge is 2.36. The summed E-state index contributed by atoms with van der Waals surface area (Å²) >= 11 is 1.46. The van der Waals surface area contributed by atoms with Crippen LogP contribution in [0.1, 0.15) is 44.2 Å². The van der Waals surface area contributed by atoms with E-state index in [4.69, 9.17) is 4.74 Å². The standard InChI is InChI=1S/C20H22FN3O3S/c1-4-10-28-20-23-17-16(18(25)24-20)15(12-6-8-13(21)9-7-12)14(11(3)22-17)19(26)27-5-2/h6-9,15H,4-5,10H2,1-3H3,(H2,22,23,24,25)/t15-/m1/s1. The van der Waals surface area contributed by atoms with Crippen LogP contribution < -0.4 is 10.9 Å². The number of allylic oxidation sites excluding steroid dienone is 1. The summed E-state index contributed by atoms with van der Waals surface area (Å²) in [7, 11) is 0. The average molecular weight is 403 g/mol. The summed E-state index contributed by atoms with van der Waals surface area (Å²) in [6.07, 6.45) is 0.947. The van der Waals surface area contributed by atoms with E-state index in [-0.39, 0.29) is 12.2 Å². The molecule has 0 saturated heterocycles. The molecule has 0 bridgehead atoms. The van der Waals surface area contributed by atoms with E-state index in [1.165, 1.54) is 23.9 Å². The van der Waals surface area contributed by atoms with Gasteiger partial charge in [0, 0.05) is 11.4 Å². The van der Waals surface area contributed by atoms with Crippen molar-refractivity contribution in [3.8, 4) is 0 Å². The molecule has 2 aromatic rings. The van der Waals surface area contributed by atoms with Gasteiger partial charge in [0.1, 0.15) is 11.6 Å². The minimum absolute atomic E-state index is 0.208. The van der Waals surface area contributed by atoms with E-state index in [1.54, 1.807) is 26.0 Å². The number of benzene rings is 1. The minimum atomic E-state index is -0.697. The summed E-state index contributed by atoms with van der Waals surface area (Å²) in [4.78, 5) is 32.9. The number of aromatic nitrogens is 2. The summed E-state index contributed by atoms with van der Waals surface area (Å²) in [5.41, 5.74) is 1.49. The van der Waals surface area contributed by atoms with Gasteiger partial charge in [0.15, 0.2) is 5.16 Å². The van der Waals surface area contributed by atoms with E-state index in [9.17, 15) is 14.0 Å². The monoisotopic (exact) mass is 403 g/mol. The molecule has 1 atom stereocenters. The third-order valence-corrected chi connectivity index (χ3v) is 5.44. The Morgan fingerprint density at radius 3 is 2.64 bits per heavy atom. The van der Waals surface area contributed by atoms with Crippen LogP contribution in [0.5, 0.6) is 0 Å². The van der Waals surface area contributed by atoms with Gasteiger partial charge in [-0.2, -0.15) is 0 Å². The van der Waals surface area contributed by atoms with Gasteiger partial charge in [0.2, 0.25) is 0 Å². The van der Waals surface area contributed by atoms with E-state index in [0.717, 1.165) is 12.2 Å². The Morgan fingerprint density at radius 1 is 1.29 bits per heavy atom.